The number of anilines is 1. The summed E-state index contributed by atoms with van der Waals surface area (Å²) in [5.41, 5.74) is 3.51. The molecule has 6 nitrogen and oxygen atoms in total. The molecule has 0 radical (unpaired) electrons. The van der Waals surface area contributed by atoms with E-state index < -0.39 is 0 Å². The highest BCUT2D eigenvalue weighted by molar-refractivity contribution is 6.07. The molecule has 1 heterocycles. The Hall–Kier alpha value is -2.37. The Labute approximate surface area is 150 Å². The number of allylic oxidation sites excluding steroid dienone is 1. The molecular formula is C19H29N5O. The number of hydrogen-bond donors (Lipinski definition) is 2. The van der Waals surface area contributed by atoms with Gasteiger partial charge in [-0.05, 0) is 53.7 Å². The van der Waals surface area contributed by atoms with Gasteiger partial charge < -0.3 is 10.6 Å². The Kier molecular flexibility index (Phi) is 5.50. The molecule has 0 atom stereocenters. The van der Waals surface area contributed by atoms with Crippen LogP contribution in [0.15, 0.2) is 33.6 Å². The molecule has 1 saturated carbocycles. The monoisotopic (exact) mass is 343 g/mol. The quantitative estimate of drug-likeness (QED) is 0.452. The van der Waals surface area contributed by atoms with Gasteiger partial charge in [0, 0.05) is 35.5 Å². The summed E-state index contributed by atoms with van der Waals surface area (Å²) >= 11 is 0. The molecule has 1 aromatic heterocycles. The Morgan fingerprint density at radius 1 is 1.44 bits per heavy atom. The van der Waals surface area contributed by atoms with Crippen LogP contribution in [0.4, 0.5) is 5.82 Å². The standard InChI is InChI=1S/C19H29N5O/c1-8-14(17(20-6)22-19(5)9-10-19)16(12(2)3)18(25)21-15-11-13(4)24(7)23-15/h11,22H,6,8-10H2,1-5,7H3,(H,21,23,25)/b17-14-. The van der Waals surface area contributed by atoms with E-state index in [0.29, 0.717) is 23.6 Å². The highest BCUT2D eigenvalue weighted by Crippen LogP contribution is 2.36. The molecule has 2 rings (SSSR count). The average Bonchev–Trinajstić information content (AvgIpc) is 3.18. The normalized spacial score (nSPS) is 15.9. The van der Waals surface area contributed by atoms with E-state index in [0.717, 1.165) is 29.7 Å². The van der Waals surface area contributed by atoms with Crippen molar-refractivity contribution in [1.82, 2.24) is 15.1 Å². The summed E-state index contributed by atoms with van der Waals surface area (Å²) < 4.78 is 1.74. The highest BCUT2D eigenvalue weighted by Gasteiger charge is 2.38. The van der Waals surface area contributed by atoms with Gasteiger partial charge in [-0.15, -0.1) is 0 Å². The third-order valence-corrected chi connectivity index (χ3v) is 4.60. The fraction of sp³-hybridized carbons (Fsp3) is 0.526. The zero-order chi connectivity index (χ0) is 18.8. The van der Waals surface area contributed by atoms with E-state index in [9.17, 15) is 4.79 Å². The van der Waals surface area contributed by atoms with E-state index in [1.165, 1.54) is 0 Å². The van der Waals surface area contributed by atoms with Crippen molar-refractivity contribution in [3.8, 4) is 0 Å². The third-order valence-electron chi connectivity index (χ3n) is 4.60. The van der Waals surface area contributed by atoms with Crippen LogP contribution in [-0.2, 0) is 11.8 Å². The van der Waals surface area contributed by atoms with Gasteiger partial charge >= 0.3 is 0 Å². The molecule has 25 heavy (non-hydrogen) atoms. The van der Waals surface area contributed by atoms with Crippen molar-refractivity contribution in [2.45, 2.75) is 59.4 Å². The maximum atomic E-state index is 12.9. The molecule has 1 aliphatic carbocycles. The third kappa shape index (κ3) is 4.38. The topological polar surface area (TPSA) is 71.3 Å². The summed E-state index contributed by atoms with van der Waals surface area (Å²) in [6.45, 7) is 13.7. The van der Waals surface area contributed by atoms with Crippen molar-refractivity contribution in [3.63, 3.8) is 0 Å². The summed E-state index contributed by atoms with van der Waals surface area (Å²) in [5.74, 6) is 1.08. The van der Waals surface area contributed by atoms with Crippen molar-refractivity contribution in [2.75, 3.05) is 5.32 Å². The number of aromatic nitrogens is 2. The molecule has 1 aliphatic rings. The van der Waals surface area contributed by atoms with Crippen LogP contribution in [0.25, 0.3) is 0 Å². The zero-order valence-electron chi connectivity index (χ0n) is 16.2. The number of hydrogen-bond acceptors (Lipinski definition) is 4. The lowest BCUT2D eigenvalue weighted by atomic mass is 9.97. The lowest BCUT2D eigenvalue weighted by molar-refractivity contribution is -0.112. The molecule has 0 aliphatic heterocycles. The van der Waals surface area contributed by atoms with Crippen LogP contribution in [0, 0.1) is 6.92 Å². The van der Waals surface area contributed by atoms with Gasteiger partial charge in [0.2, 0.25) is 0 Å². The number of nitrogens with one attached hydrogen (secondary N) is 2. The second-order valence-corrected chi connectivity index (χ2v) is 7.15. The highest BCUT2D eigenvalue weighted by atomic mass is 16.1. The summed E-state index contributed by atoms with van der Waals surface area (Å²) in [4.78, 5) is 17.1. The van der Waals surface area contributed by atoms with Crippen LogP contribution in [0.1, 0.15) is 52.7 Å². The molecule has 6 heteroatoms. The van der Waals surface area contributed by atoms with E-state index in [2.05, 4.69) is 34.4 Å². The second kappa shape index (κ2) is 7.25. The fourth-order valence-corrected chi connectivity index (χ4v) is 2.74. The number of carbonyl (C=O) groups is 1. The summed E-state index contributed by atoms with van der Waals surface area (Å²) in [5, 5.41) is 10.7. The minimum atomic E-state index is -0.168. The van der Waals surface area contributed by atoms with Gasteiger partial charge in [0.15, 0.2) is 5.82 Å². The van der Waals surface area contributed by atoms with Crippen molar-refractivity contribution in [3.05, 3.63) is 34.3 Å². The Morgan fingerprint density at radius 2 is 2.08 bits per heavy atom. The number of amides is 1. The first-order valence-corrected chi connectivity index (χ1v) is 8.68. The molecule has 1 fully saturated rings. The van der Waals surface area contributed by atoms with Gasteiger partial charge in [0.05, 0.1) is 0 Å². The first-order valence-electron chi connectivity index (χ1n) is 8.68. The van der Waals surface area contributed by atoms with Crippen LogP contribution < -0.4 is 10.6 Å². The summed E-state index contributed by atoms with van der Waals surface area (Å²) in [6, 6.07) is 1.85. The molecule has 2 N–H and O–H groups in total. The molecule has 0 unspecified atom stereocenters. The fourth-order valence-electron chi connectivity index (χ4n) is 2.74. The van der Waals surface area contributed by atoms with Crippen molar-refractivity contribution < 1.29 is 4.79 Å². The van der Waals surface area contributed by atoms with Crippen LogP contribution in [-0.4, -0.2) is 27.9 Å². The Balaban J connectivity index is 2.35. The van der Waals surface area contributed by atoms with Crippen molar-refractivity contribution in [2.24, 2.45) is 12.0 Å². The first-order chi connectivity index (χ1) is 11.7. The van der Waals surface area contributed by atoms with Crippen molar-refractivity contribution in [1.29, 1.82) is 0 Å². The largest absolute Gasteiger partial charge is 0.365 e. The van der Waals surface area contributed by atoms with E-state index in [-0.39, 0.29) is 11.4 Å². The molecule has 1 aromatic rings. The molecular weight excluding hydrogens is 314 g/mol. The van der Waals surface area contributed by atoms with Gasteiger partial charge in [-0.2, -0.15) is 5.10 Å². The molecule has 0 aromatic carbocycles. The van der Waals surface area contributed by atoms with E-state index in [4.69, 9.17) is 0 Å². The lowest BCUT2D eigenvalue weighted by Crippen LogP contribution is -2.29. The first kappa shape index (κ1) is 19.0. The van der Waals surface area contributed by atoms with Gasteiger partial charge in [-0.1, -0.05) is 12.5 Å². The van der Waals surface area contributed by atoms with Crippen LogP contribution in [0.2, 0.25) is 0 Å². The van der Waals surface area contributed by atoms with Gasteiger partial charge in [-0.3, -0.25) is 9.48 Å². The predicted octanol–water partition coefficient (Wildman–Crippen LogP) is 3.47. The average molecular weight is 343 g/mol. The number of aryl methyl sites for hydroxylation is 2. The van der Waals surface area contributed by atoms with Gasteiger partial charge in [-0.25, -0.2) is 4.99 Å². The number of aliphatic imine (C=N–C) groups is 1. The summed E-state index contributed by atoms with van der Waals surface area (Å²) in [7, 11) is 1.85. The van der Waals surface area contributed by atoms with Crippen LogP contribution >= 0.6 is 0 Å². The number of rotatable bonds is 7. The SMILES string of the molecule is C=N/C(NC1(C)CC1)=C(\CC)C(C(=O)Nc1cc(C)n(C)n1)=C(C)C. The maximum Gasteiger partial charge on any atom is 0.257 e. The van der Waals surface area contributed by atoms with E-state index in [1.54, 1.807) is 4.68 Å². The molecule has 0 saturated heterocycles. The number of carbonyl (C=O) groups excluding carboxylic acids is 1. The molecule has 0 spiro atoms. The van der Waals surface area contributed by atoms with Gasteiger partial charge in [0.1, 0.15) is 5.82 Å². The van der Waals surface area contributed by atoms with Crippen LogP contribution in [0.3, 0.4) is 0 Å². The van der Waals surface area contributed by atoms with Crippen LogP contribution in [0.5, 0.6) is 0 Å². The minimum Gasteiger partial charge on any atom is -0.365 e. The van der Waals surface area contributed by atoms with E-state index in [1.807, 2.05) is 40.8 Å². The summed E-state index contributed by atoms with van der Waals surface area (Å²) in [6.07, 6.45) is 2.89. The zero-order valence-corrected chi connectivity index (χ0v) is 16.2. The number of nitrogens with zero attached hydrogens (tertiary/aromatic N) is 3. The van der Waals surface area contributed by atoms with Crippen molar-refractivity contribution >= 4 is 18.4 Å². The smallest absolute Gasteiger partial charge is 0.257 e. The molecule has 1 amide bonds. The maximum absolute atomic E-state index is 12.9. The Morgan fingerprint density at radius 3 is 2.48 bits per heavy atom. The Bertz CT molecular complexity index is 726. The second-order valence-electron chi connectivity index (χ2n) is 7.15. The van der Waals surface area contributed by atoms with E-state index >= 15 is 0 Å². The minimum absolute atomic E-state index is 0.0677. The van der Waals surface area contributed by atoms with Gasteiger partial charge in [0.25, 0.3) is 5.91 Å². The predicted molar refractivity (Wildman–Crippen MR) is 103 cm³/mol. The molecule has 0 bridgehead atoms. The molecule has 136 valence electrons. The lowest BCUT2D eigenvalue weighted by Gasteiger charge is -2.20.